The second-order valence-electron chi connectivity index (χ2n) is 5.95. The first-order valence-electron chi connectivity index (χ1n) is 8.19. The summed E-state index contributed by atoms with van der Waals surface area (Å²) in [5, 5.41) is 8.19. The third-order valence-electron chi connectivity index (χ3n) is 4.04. The number of H-pyrrole nitrogens is 2. The standard InChI is InChI=1S/C19H16ClN5O2/c1-3-4-11(9-21-2)5-6-12-7-13(12)14-8-16(24-25-17(14)20)15-10-22-19(27)23-18(15)26/h3-4,8-10,12-13H,2,7H2,1H3,(H2,22,23,26,27)/b4-3-,11-9+/t12-,13-/m0/s1. The van der Waals surface area contributed by atoms with E-state index in [0.717, 1.165) is 17.6 Å². The van der Waals surface area contributed by atoms with Crippen molar-refractivity contribution in [1.29, 1.82) is 0 Å². The maximum Gasteiger partial charge on any atom is 0.325 e. The fourth-order valence-electron chi connectivity index (χ4n) is 2.65. The highest BCUT2D eigenvalue weighted by atomic mass is 35.5. The maximum atomic E-state index is 12.0. The van der Waals surface area contributed by atoms with E-state index in [0.29, 0.717) is 5.69 Å². The van der Waals surface area contributed by atoms with Crippen LogP contribution in [0.15, 0.2) is 50.8 Å². The number of aliphatic imine (C=N–C) groups is 1. The fourth-order valence-corrected chi connectivity index (χ4v) is 2.88. The van der Waals surface area contributed by atoms with Crippen LogP contribution in [-0.4, -0.2) is 26.9 Å². The van der Waals surface area contributed by atoms with Crippen LogP contribution in [0.4, 0.5) is 0 Å². The highest BCUT2D eigenvalue weighted by Gasteiger charge is 2.39. The summed E-state index contributed by atoms with van der Waals surface area (Å²) in [4.78, 5) is 31.5. The molecule has 7 nitrogen and oxygen atoms in total. The van der Waals surface area contributed by atoms with Crippen molar-refractivity contribution in [2.24, 2.45) is 10.9 Å². The summed E-state index contributed by atoms with van der Waals surface area (Å²) >= 11 is 6.20. The molecule has 2 N–H and O–H groups in total. The van der Waals surface area contributed by atoms with Crippen LogP contribution in [0.3, 0.4) is 0 Å². The minimum Gasteiger partial charge on any atom is -0.313 e. The van der Waals surface area contributed by atoms with E-state index in [1.54, 1.807) is 12.3 Å². The molecule has 1 aliphatic carbocycles. The molecule has 0 aromatic carbocycles. The molecule has 136 valence electrons. The van der Waals surface area contributed by atoms with E-state index in [1.165, 1.54) is 6.20 Å². The Morgan fingerprint density at radius 3 is 2.96 bits per heavy atom. The molecule has 8 heteroatoms. The molecule has 2 heterocycles. The molecule has 0 bridgehead atoms. The van der Waals surface area contributed by atoms with E-state index in [-0.39, 0.29) is 22.6 Å². The molecule has 0 radical (unpaired) electrons. The van der Waals surface area contributed by atoms with Crippen molar-refractivity contribution in [1.82, 2.24) is 20.2 Å². The van der Waals surface area contributed by atoms with Crippen LogP contribution in [0.5, 0.6) is 0 Å². The Bertz CT molecular complexity index is 1120. The summed E-state index contributed by atoms with van der Waals surface area (Å²) in [5.41, 5.74) is 1.01. The number of aromatic nitrogens is 4. The first-order valence-corrected chi connectivity index (χ1v) is 8.57. The summed E-state index contributed by atoms with van der Waals surface area (Å²) in [6.07, 6.45) is 7.49. The van der Waals surface area contributed by atoms with Crippen molar-refractivity contribution in [2.75, 3.05) is 0 Å². The molecule has 1 saturated carbocycles. The number of rotatable bonds is 4. The van der Waals surface area contributed by atoms with Crippen molar-refractivity contribution in [3.8, 4) is 23.1 Å². The van der Waals surface area contributed by atoms with Gasteiger partial charge in [-0.15, -0.1) is 10.2 Å². The minimum atomic E-state index is -0.581. The summed E-state index contributed by atoms with van der Waals surface area (Å²) in [5.74, 6) is 6.53. The van der Waals surface area contributed by atoms with Gasteiger partial charge in [0.05, 0.1) is 5.56 Å². The predicted molar refractivity (Wildman–Crippen MR) is 105 cm³/mol. The van der Waals surface area contributed by atoms with Gasteiger partial charge in [0.1, 0.15) is 5.69 Å². The van der Waals surface area contributed by atoms with Gasteiger partial charge in [0.15, 0.2) is 5.15 Å². The Morgan fingerprint density at radius 1 is 1.44 bits per heavy atom. The maximum absolute atomic E-state index is 12.0. The quantitative estimate of drug-likeness (QED) is 0.482. The first kappa shape index (κ1) is 18.5. The van der Waals surface area contributed by atoms with E-state index < -0.39 is 11.2 Å². The monoisotopic (exact) mass is 381 g/mol. The van der Waals surface area contributed by atoms with Gasteiger partial charge < -0.3 is 4.98 Å². The lowest BCUT2D eigenvalue weighted by atomic mass is 10.1. The molecular weight excluding hydrogens is 366 g/mol. The molecule has 1 aliphatic rings. The van der Waals surface area contributed by atoms with E-state index in [1.807, 2.05) is 19.1 Å². The number of hydrogen-bond donors (Lipinski definition) is 2. The molecule has 0 aliphatic heterocycles. The number of nitrogens with zero attached hydrogens (tertiary/aromatic N) is 3. The molecule has 27 heavy (non-hydrogen) atoms. The molecule has 2 atom stereocenters. The summed E-state index contributed by atoms with van der Waals surface area (Å²) in [7, 11) is 0. The summed E-state index contributed by atoms with van der Waals surface area (Å²) in [6, 6.07) is 1.72. The zero-order chi connectivity index (χ0) is 19.4. The Balaban J connectivity index is 1.87. The van der Waals surface area contributed by atoms with Gasteiger partial charge in [0.2, 0.25) is 0 Å². The Morgan fingerprint density at radius 2 is 2.26 bits per heavy atom. The largest absolute Gasteiger partial charge is 0.325 e. The van der Waals surface area contributed by atoms with Gasteiger partial charge in [-0.2, -0.15) is 0 Å². The zero-order valence-corrected chi connectivity index (χ0v) is 15.2. The van der Waals surface area contributed by atoms with Gasteiger partial charge in [0.25, 0.3) is 5.56 Å². The number of allylic oxidation sites excluding steroid dienone is 3. The Labute approximate surface area is 159 Å². The average Bonchev–Trinajstić information content (AvgIpc) is 3.40. The van der Waals surface area contributed by atoms with Crippen LogP contribution in [0.25, 0.3) is 11.3 Å². The summed E-state index contributed by atoms with van der Waals surface area (Å²) < 4.78 is 0. The van der Waals surface area contributed by atoms with Crippen molar-refractivity contribution in [3.05, 3.63) is 67.7 Å². The highest BCUT2D eigenvalue weighted by molar-refractivity contribution is 6.30. The molecule has 1 fully saturated rings. The van der Waals surface area contributed by atoms with Gasteiger partial charge in [-0.25, -0.2) is 4.79 Å². The van der Waals surface area contributed by atoms with Crippen molar-refractivity contribution in [3.63, 3.8) is 0 Å². The van der Waals surface area contributed by atoms with E-state index in [4.69, 9.17) is 11.6 Å². The molecule has 3 rings (SSSR count). The van der Waals surface area contributed by atoms with Crippen LogP contribution < -0.4 is 11.2 Å². The molecule has 0 saturated heterocycles. The smallest absolute Gasteiger partial charge is 0.313 e. The van der Waals surface area contributed by atoms with Crippen LogP contribution in [-0.2, 0) is 0 Å². The molecule has 2 aromatic heterocycles. The zero-order valence-electron chi connectivity index (χ0n) is 14.5. The lowest BCUT2D eigenvalue weighted by Crippen LogP contribution is -2.23. The van der Waals surface area contributed by atoms with E-state index in [9.17, 15) is 9.59 Å². The van der Waals surface area contributed by atoms with Crippen LogP contribution >= 0.6 is 11.6 Å². The Kier molecular flexibility index (Phi) is 5.48. The first-order chi connectivity index (χ1) is 13.0. The second-order valence-corrected chi connectivity index (χ2v) is 6.30. The third-order valence-corrected chi connectivity index (χ3v) is 4.33. The molecule has 2 aromatic rings. The fraction of sp³-hybridized carbons (Fsp3) is 0.211. The Hall–Kier alpha value is -3.24. The second kappa shape index (κ2) is 7.98. The average molecular weight is 382 g/mol. The third kappa shape index (κ3) is 4.30. The van der Waals surface area contributed by atoms with Crippen molar-refractivity contribution >= 4 is 18.3 Å². The van der Waals surface area contributed by atoms with Gasteiger partial charge >= 0.3 is 5.69 Å². The molecule has 0 spiro atoms. The molecule has 0 amide bonds. The van der Waals surface area contributed by atoms with Crippen LogP contribution in [0, 0.1) is 17.8 Å². The number of halogens is 1. The van der Waals surface area contributed by atoms with Crippen LogP contribution in [0.1, 0.15) is 24.8 Å². The SMILES string of the molecule is C=N/C=C(C#C[C@H]1C[C@@H]1c1cc(-c2c[nH]c(=O)[nH]c2=O)nnc1Cl)\C=C/C. The highest BCUT2D eigenvalue weighted by Crippen LogP contribution is 2.49. The number of nitrogens with one attached hydrogen (secondary N) is 2. The topological polar surface area (TPSA) is 104 Å². The van der Waals surface area contributed by atoms with Crippen molar-refractivity contribution in [2.45, 2.75) is 19.3 Å². The van der Waals surface area contributed by atoms with Crippen LogP contribution in [0.2, 0.25) is 5.15 Å². The van der Waals surface area contributed by atoms with E-state index in [2.05, 4.69) is 43.7 Å². The minimum absolute atomic E-state index is 0.115. The number of hydrogen-bond acceptors (Lipinski definition) is 5. The lowest BCUT2D eigenvalue weighted by Gasteiger charge is -2.04. The predicted octanol–water partition coefficient (Wildman–Crippen LogP) is 2.44. The van der Waals surface area contributed by atoms with Gasteiger partial charge in [-0.1, -0.05) is 29.5 Å². The van der Waals surface area contributed by atoms with E-state index >= 15 is 0 Å². The number of aromatic amines is 2. The van der Waals surface area contributed by atoms with Gasteiger partial charge in [-0.3, -0.25) is 14.8 Å². The van der Waals surface area contributed by atoms with Crippen molar-refractivity contribution < 1.29 is 0 Å². The molecule has 0 unspecified atom stereocenters. The van der Waals surface area contributed by atoms with Gasteiger partial charge in [0, 0.05) is 29.8 Å². The van der Waals surface area contributed by atoms with Gasteiger partial charge in [-0.05, 0) is 37.8 Å². The molecular formula is C19H16ClN5O2. The lowest BCUT2D eigenvalue weighted by molar-refractivity contribution is 0.953. The summed E-state index contributed by atoms with van der Waals surface area (Å²) in [6.45, 7) is 5.34. The normalized spacial score (nSPS) is 18.8.